The van der Waals surface area contributed by atoms with E-state index >= 15 is 0 Å². The average Bonchev–Trinajstić information content (AvgIpc) is 2.62. The van der Waals surface area contributed by atoms with Crippen LogP contribution in [0.25, 0.3) is 0 Å². The van der Waals surface area contributed by atoms with Gasteiger partial charge in [0, 0.05) is 18.8 Å². The van der Waals surface area contributed by atoms with E-state index in [-0.39, 0.29) is 34.3 Å². The molecule has 1 N–H and O–H groups in total. The molecule has 1 amide bonds. The highest BCUT2D eigenvalue weighted by molar-refractivity contribution is 7.89. The van der Waals surface area contributed by atoms with Crippen molar-refractivity contribution < 1.29 is 26.4 Å². The Balaban J connectivity index is 2.37. The third kappa shape index (κ3) is 4.84. The fourth-order valence-corrected chi connectivity index (χ4v) is 4.21. The van der Waals surface area contributed by atoms with E-state index in [1.807, 2.05) is 0 Å². The van der Waals surface area contributed by atoms with Crippen LogP contribution in [0.2, 0.25) is 5.02 Å². The third-order valence-electron chi connectivity index (χ3n) is 3.97. The zero-order valence-electron chi connectivity index (χ0n) is 15.0. The quantitative estimate of drug-likeness (QED) is 0.720. The minimum absolute atomic E-state index is 0.0250. The van der Waals surface area contributed by atoms with Gasteiger partial charge in [0.1, 0.15) is 0 Å². The molecule has 0 saturated heterocycles. The van der Waals surface area contributed by atoms with Crippen molar-refractivity contribution in [3.05, 3.63) is 58.6 Å². The summed E-state index contributed by atoms with van der Waals surface area (Å²) >= 11 is 6.01. The van der Waals surface area contributed by atoms with Gasteiger partial charge in [0.25, 0.3) is 5.91 Å². The smallest absolute Gasteiger partial charge is 0.322 e. The van der Waals surface area contributed by atoms with Crippen molar-refractivity contribution in [2.75, 3.05) is 18.4 Å². The number of carbonyl (C=O) groups excluding carboxylic acids is 1. The van der Waals surface area contributed by atoms with Crippen LogP contribution in [0, 0.1) is 0 Å². The SMILES string of the molecule is CCN(CC)S(=O)(=O)c1ccc(Cl)c(C(=O)Nc2cccc(C(F)(F)F)c2)c1. The van der Waals surface area contributed by atoms with Crippen LogP contribution in [0.3, 0.4) is 0 Å². The Morgan fingerprint density at radius 1 is 1.11 bits per heavy atom. The number of hydrogen-bond donors (Lipinski definition) is 1. The van der Waals surface area contributed by atoms with Crippen molar-refractivity contribution in [2.45, 2.75) is 24.9 Å². The summed E-state index contributed by atoms with van der Waals surface area (Å²) < 4.78 is 64.9. The molecule has 0 bridgehead atoms. The van der Waals surface area contributed by atoms with Gasteiger partial charge >= 0.3 is 6.18 Å². The summed E-state index contributed by atoms with van der Waals surface area (Å²) in [6.07, 6.45) is -4.56. The summed E-state index contributed by atoms with van der Waals surface area (Å²) in [5.74, 6) is -0.819. The lowest BCUT2D eigenvalue weighted by Gasteiger charge is -2.19. The molecule has 0 aromatic heterocycles. The molecule has 0 aliphatic carbocycles. The Morgan fingerprint density at radius 2 is 1.75 bits per heavy atom. The van der Waals surface area contributed by atoms with Gasteiger partial charge in [-0.2, -0.15) is 17.5 Å². The van der Waals surface area contributed by atoms with Gasteiger partial charge < -0.3 is 5.32 Å². The lowest BCUT2D eigenvalue weighted by Crippen LogP contribution is -2.30. The summed E-state index contributed by atoms with van der Waals surface area (Å²) in [7, 11) is -3.83. The molecule has 2 aromatic rings. The monoisotopic (exact) mass is 434 g/mol. The molecule has 0 atom stereocenters. The zero-order valence-corrected chi connectivity index (χ0v) is 16.6. The van der Waals surface area contributed by atoms with Crippen molar-refractivity contribution in [3.63, 3.8) is 0 Å². The van der Waals surface area contributed by atoms with Crippen LogP contribution in [0.5, 0.6) is 0 Å². The minimum atomic E-state index is -4.56. The van der Waals surface area contributed by atoms with Gasteiger partial charge in [-0.15, -0.1) is 0 Å². The van der Waals surface area contributed by atoms with Crippen molar-refractivity contribution in [3.8, 4) is 0 Å². The van der Waals surface area contributed by atoms with Gasteiger partial charge in [0.05, 0.1) is 21.0 Å². The zero-order chi connectivity index (χ0) is 21.1. The van der Waals surface area contributed by atoms with Crippen molar-refractivity contribution in [2.24, 2.45) is 0 Å². The van der Waals surface area contributed by atoms with Gasteiger partial charge in [-0.1, -0.05) is 31.5 Å². The molecule has 0 radical (unpaired) electrons. The summed E-state index contributed by atoms with van der Waals surface area (Å²) in [6, 6.07) is 7.75. The highest BCUT2D eigenvalue weighted by atomic mass is 35.5. The maximum absolute atomic E-state index is 12.8. The van der Waals surface area contributed by atoms with E-state index in [0.29, 0.717) is 0 Å². The first-order valence-corrected chi connectivity index (χ1v) is 10.1. The van der Waals surface area contributed by atoms with E-state index in [1.54, 1.807) is 13.8 Å². The summed E-state index contributed by atoms with van der Waals surface area (Å²) in [6.45, 7) is 3.84. The summed E-state index contributed by atoms with van der Waals surface area (Å²) in [5.41, 5.74) is -1.17. The number of nitrogens with one attached hydrogen (secondary N) is 1. The van der Waals surface area contributed by atoms with E-state index in [0.717, 1.165) is 24.3 Å². The maximum Gasteiger partial charge on any atom is 0.416 e. The molecular weight excluding hydrogens is 417 g/mol. The second-order valence-corrected chi connectivity index (χ2v) is 8.11. The topological polar surface area (TPSA) is 66.5 Å². The first kappa shape index (κ1) is 22.2. The van der Waals surface area contributed by atoms with Crippen molar-refractivity contribution >= 4 is 33.2 Å². The number of sulfonamides is 1. The molecule has 0 heterocycles. The number of nitrogens with zero attached hydrogens (tertiary/aromatic N) is 1. The van der Waals surface area contributed by atoms with Gasteiger partial charge in [0.2, 0.25) is 10.0 Å². The predicted octanol–water partition coefficient (Wildman–Crippen LogP) is 4.64. The van der Waals surface area contributed by atoms with Gasteiger partial charge in [0.15, 0.2) is 0 Å². The number of amides is 1. The first-order chi connectivity index (χ1) is 13.0. The lowest BCUT2D eigenvalue weighted by molar-refractivity contribution is -0.137. The largest absolute Gasteiger partial charge is 0.416 e. The van der Waals surface area contributed by atoms with Crippen LogP contribution in [0.4, 0.5) is 18.9 Å². The van der Waals surface area contributed by atoms with Gasteiger partial charge in [-0.3, -0.25) is 4.79 Å². The number of benzene rings is 2. The predicted molar refractivity (Wildman–Crippen MR) is 101 cm³/mol. The van der Waals surface area contributed by atoms with Crippen LogP contribution in [0.15, 0.2) is 47.4 Å². The van der Waals surface area contributed by atoms with Crippen LogP contribution < -0.4 is 5.32 Å². The summed E-state index contributed by atoms with van der Waals surface area (Å²) in [5, 5.41) is 2.29. The van der Waals surface area contributed by atoms with Crippen LogP contribution in [-0.2, 0) is 16.2 Å². The Kier molecular flexibility index (Phi) is 6.74. The molecule has 2 rings (SSSR count). The number of hydrogen-bond acceptors (Lipinski definition) is 3. The third-order valence-corrected chi connectivity index (χ3v) is 6.35. The number of rotatable bonds is 6. The Morgan fingerprint density at radius 3 is 2.32 bits per heavy atom. The Hall–Kier alpha value is -2.10. The fraction of sp³-hybridized carbons (Fsp3) is 0.278. The average molecular weight is 435 g/mol. The summed E-state index contributed by atoms with van der Waals surface area (Å²) in [4.78, 5) is 12.4. The minimum Gasteiger partial charge on any atom is -0.322 e. The number of halogens is 4. The van der Waals surface area contributed by atoms with Crippen molar-refractivity contribution in [1.82, 2.24) is 4.31 Å². The molecule has 2 aromatic carbocycles. The van der Waals surface area contributed by atoms with E-state index in [1.165, 1.54) is 22.5 Å². The highest BCUT2D eigenvalue weighted by Crippen LogP contribution is 2.31. The van der Waals surface area contributed by atoms with Crippen LogP contribution >= 0.6 is 11.6 Å². The highest BCUT2D eigenvalue weighted by Gasteiger charge is 2.30. The van der Waals surface area contributed by atoms with E-state index in [2.05, 4.69) is 5.32 Å². The van der Waals surface area contributed by atoms with Crippen LogP contribution in [-0.4, -0.2) is 31.7 Å². The molecular formula is C18H18ClF3N2O3S. The molecule has 0 aliphatic heterocycles. The molecule has 5 nitrogen and oxygen atoms in total. The second-order valence-electron chi connectivity index (χ2n) is 5.76. The van der Waals surface area contributed by atoms with E-state index < -0.39 is 27.7 Å². The molecule has 0 saturated carbocycles. The first-order valence-electron chi connectivity index (χ1n) is 8.29. The molecule has 10 heteroatoms. The van der Waals surface area contributed by atoms with Gasteiger partial charge in [-0.05, 0) is 36.4 Å². The van der Waals surface area contributed by atoms with E-state index in [4.69, 9.17) is 11.6 Å². The number of alkyl halides is 3. The Labute approximate surface area is 166 Å². The van der Waals surface area contributed by atoms with Crippen molar-refractivity contribution in [1.29, 1.82) is 0 Å². The molecule has 0 spiro atoms. The van der Waals surface area contributed by atoms with E-state index in [9.17, 15) is 26.4 Å². The Bertz CT molecular complexity index is 974. The normalized spacial score (nSPS) is 12.2. The number of anilines is 1. The fourth-order valence-electron chi connectivity index (χ4n) is 2.52. The molecule has 0 aliphatic rings. The number of carbonyl (C=O) groups is 1. The maximum atomic E-state index is 12.8. The van der Waals surface area contributed by atoms with Crippen LogP contribution in [0.1, 0.15) is 29.8 Å². The van der Waals surface area contributed by atoms with Gasteiger partial charge in [-0.25, -0.2) is 8.42 Å². The second kappa shape index (κ2) is 8.50. The molecule has 152 valence electrons. The molecule has 0 fully saturated rings. The lowest BCUT2D eigenvalue weighted by atomic mass is 10.1. The molecule has 28 heavy (non-hydrogen) atoms. The standard InChI is InChI=1S/C18H18ClF3N2O3S/c1-3-24(4-2)28(26,27)14-8-9-16(19)15(11-14)17(25)23-13-7-5-6-12(10-13)18(20,21)22/h5-11H,3-4H2,1-2H3,(H,23,25). The molecule has 0 unspecified atom stereocenters.